The third kappa shape index (κ3) is 5.27. The Morgan fingerprint density at radius 3 is 2.53 bits per heavy atom. The van der Waals surface area contributed by atoms with Gasteiger partial charge in [0.25, 0.3) is 0 Å². The molecule has 3 N–H and O–H groups in total. The number of hydrogen-bond donors (Lipinski definition) is 3. The van der Waals surface area contributed by atoms with Crippen LogP contribution in [-0.4, -0.2) is 61.7 Å². The van der Waals surface area contributed by atoms with E-state index in [1.165, 1.54) is 0 Å². The summed E-state index contributed by atoms with van der Waals surface area (Å²) >= 11 is 0. The predicted molar refractivity (Wildman–Crippen MR) is 143 cm³/mol. The molecule has 1 saturated heterocycles. The van der Waals surface area contributed by atoms with E-state index in [1.54, 1.807) is 16.4 Å². The second-order valence-corrected chi connectivity index (χ2v) is 11.6. The summed E-state index contributed by atoms with van der Waals surface area (Å²) in [6.07, 6.45) is 0.952. The molecule has 2 heterocycles. The summed E-state index contributed by atoms with van der Waals surface area (Å²) < 4.78 is 33.4. The lowest BCUT2D eigenvalue weighted by molar-refractivity contribution is 0.105. The van der Waals surface area contributed by atoms with Crippen molar-refractivity contribution in [2.45, 2.75) is 30.8 Å². The van der Waals surface area contributed by atoms with Crippen LogP contribution in [0.2, 0.25) is 0 Å². The maximum absolute atomic E-state index is 12.9. The summed E-state index contributed by atoms with van der Waals surface area (Å²) in [5.74, 6) is 1.13. The van der Waals surface area contributed by atoms with Gasteiger partial charge in [0.15, 0.2) is 0 Å². The molecule has 4 aromatic rings. The van der Waals surface area contributed by atoms with Crippen LogP contribution in [0.25, 0.3) is 21.8 Å². The van der Waals surface area contributed by atoms with E-state index in [0.717, 1.165) is 52.5 Å². The highest BCUT2D eigenvalue weighted by atomic mass is 32.2. The van der Waals surface area contributed by atoms with Crippen LogP contribution in [0.5, 0.6) is 5.75 Å². The number of piperidine rings is 1. The Morgan fingerprint density at radius 2 is 1.75 bits per heavy atom. The van der Waals surface area contributed by atoms with Crippen molar-refractivity contribution < 1.29 is 18.3 Å². The lowest BCUT2D eigenvalue weighted by Gasteiger charge is -2.31. The third-order valence-electron chi connectivity index (χ3n) is 6.97. The molecule has 36 heavy (non-hydrogen) atoms. The Kier molecular flexibility index (Phi) is 7.29. The number of rotatable bonds is 9. The van der Waals surface area contributed by atoms with E-state index in [-0.39, 0.29) is 6.61 Å². The Balaban J connectivity index is 1.08. The molecule has 190 valence electrons. The SMILES string of the molecule is Cc1ccc(S(=O)(=O)N2CCC(CNC[C@H](O)COc3cccc4[nH]c5ccccc5c34)CC2)cc1. The fourth-order valence-corrected chi connectivity index (χ4v) is 6.37. The number of aryl methyl sites for hydroxylation is 1. The van der Waals surface area contributed by atoms with Crippen molar-refractivity contribution in [1.29, 1.82) is 0 Å². The highest BCUT2D eigenvalue weighted by Gasteiger charge is 2.29. The van der Waals surface area contributed by atoms with E-state index >= 15 is 0 Å². The van der Waals surface area contributed by atoms with Crippen molar-refractivity contribution in [2.75, 3.05) is 32.8 Å². The van der Waals surface area contributed by atoms with Crippen LogP contribution >= 0.6 is 0 Å². The van der Waals surface area contributed by atoms with Crippen LogP contribution in [0.15, 0.2) is 71.6 Å². The van der Waals surface area contributed by atoms with Gasteiger partial charge in [-0.3, -0.25) is 0 Å². The minimum absolute atomic E-state index is 0.193. The quantitative estimate of drug-likeness (QED) is 0.318. The van der Waals surface area contributed by atoms with Gasteiger partial charge in [-0.05, 0) is 62.6 Å². The minimum Gasteiger partial charge on any atom is -0.490 e. The minimum atomic E-state index is -3.44. The van der Waals surface area contributed by atoms with Crippen LogP contribution in [0.3, 0.4) is 0 Å². The number of nitrogens with one attached hydrogen (secondary N) is 2. The number of para-hydroxylation sites is 1. The standard InChI is InChI=1S/C28H33N3O4S/c1-20-9-11-23(12-10-20)36(33,34)31-15-13-21(14-16-31)17-29-18-22(32)19-35-27-8-4-7-26-28(27)24-5-2-3-6-25(24)30-26/h2-12,21-22,29-30,32H,13-19H2,1H3/t22-/m0/s1. The first kappa shape index (κ1) is 24.8. The monoisotopic (exact) mass is 507 g/mol. The zero-order valence-electron chi connectivity index (χ0n) is 20.5. The fourth-order valence-electron chi connectivity index (χ4n) is 4.90. The summed E-state index contributed by atoms with van der Waals surface area (Å²) in [5.41, 5.74) is 3.11. The second kappa shape index (κ2) is 10.6. The third-order valence-corrected chi connectivity index (χ3v) is 8.88. The van der Waals surface area contributed by atoms with Crippen LogP contribution in [0.4, 0.5) is 0 Å². The Bertz CT molecular complexity index is 1420. The number of aliphatic hydroxyl groups excluding tert-OH is 1. The highest BCUT2D eigenvalue weighted by molar-refractivity contribution is 7.89. The van der Waals surface area contributed by atoms with Crippen molar-refractivity contribution in [3.05, 3.63) is 72.3 Å². The summed E-state index contributed by atoms with van der Waals surface area (Å²) in [6, 6.07) is 21.0. The van der Waals surface area contributed by atoms with Crippen LogP contribution in [0, 0.1) is 12.8 Å². The number of benzene rings is 3. The van der Waals surface area contributed by atoms with Crippen LogP contribution in [-0.2, 0) is 10.0 Å². The molecule has 0 aliphatic carbocycles. The molecule has 3 aromatic carbocycles. The number of hydrogen-bond acceptors (Lipinski definition) is 5. The van der Waals surface area contributed by atoms with Crippen molar-refractivity contribution in [1.82, 2.24) is 14.6 Å². The Morgan fingerprint density at radius 1 is 1.03 bits per heavy atom. The van der Waals surface area contributed by atoms with E-state index in [0.29, 0.717) is 30.4 Å². The molecule has 1 aliphatic heterocycles. The molecule has 1 aromatic heterocycles. The Hall–Kier alpha value is -2.91. The molecular weight excluding hydrogens is 474 g/mol. The molecule has 5 rings (SSSR count). The topological polar surface area (TPSA) is 94.7 Å². The molecule has 8 heteroatoms. The molecule has 1 aliphatic rings. The van der Waals surface area contributed by atoms with E-state index < -0.39 is 16.1 Å². The maximum atomic E-state index is 12.9. The zero-order valence-corrected chi connectivity index (χ0v) is 21.3. The number of fused-ring (bicyclic) bond motifs is 3. The molecule has 1 atom stereocenters. The normalized spacial score (nSPS) is 16.5. The number of aliphatic hydroxyl groups is 1. The van der Waals surface area contributed by atoms with Crippen molar-refractivity contribution in [3.63, 3.8) is 0 Å². The summed E-state index contributed by atoms with van der Waals surface area (Å²) in [5, 5.41) is 16.0. The van der Waals surface area contributed by atoms with Crippen molar-refractivity contribution in [2.24, 2.45) is 5.92 Å². The van der Waals surface area contributed by atoms with Gasteiger partial charge < -0.3 is 20.1 Å². The first-order chi connectivity index (χ1) is 17.4. The number of ether oxygens (including phenoxy) is 1. The second-order valence-electron chi connectivity index (χ2n) is 9.63. The molecule has 1 fully saturated rings. The average molecular weight is 508 g/mol. The number of H-pyrrole nitrogens is 1. The van der Waals surface area contributed by atoms with E-state index in [2.05, 4.69) is 16.4 Å². The molecule has 0 saturated carbocycles. The van der Waals surface area contributed by atoms with E-state index in [1.807, 2.05) is 55.5 Å². The largest absolute Gasteiger partial charge is 0.490 e. The summed E-state index contributed by atoms with van der Waals surface area (Å²) in [6.45, 7) is 4.34. The number of nitrogens with zero attached hydrogens (tertiary/aromatic N) is 1. The smallest absolute Gasteiger partial charge is 0.243 e. The van der Waals surface area contributed by atoms with Gasteiger partial charge in [-0.15, -0.1) is 0 Å². The van der Waals surface area contributed by atoms with Crippen molar-refractivity contribution >= 4 is 31.8 Å². The van der Waals surface area contributed by atoms with Gasteiger partial charge in [0, 0.05) is 35.9 Å². The fraction of sp³-hybridized carbons (Fsp3) is 0.357. The molecule has 0 radical (unpaired) electrons. The zero-order chi connectivity index (χ0) is 25.1. The van der Waals surface area contributed by atoms with Gasteiger partial charge in [-0.1, -0.05) is 42.0 Å². The average Bonchev–Trinajstić information content (AvgIpc) is 3.27. The van der Waals surface area contributed by atoms with Gasteiger partial charge in [0.05, 0.1) is 10.4 Å². The molecule has 7 nitrogen and oxygen atoms in total. The Labute approximate surface area is 212 Å². The summed E-state index contributed by atoms with van der Waals surface area (Å²) in [4.78, 5) is 3.76. The van der Waals surface area contributed by atoms with Crippen molar-refractivity contribution in [3.8, 4) is 5.75 Å². The number of aromatic amines is 1. The highest BCUT2D eigenvalue weighted by Crippen LogP contribution is 2.33. The van der Waals surface area contributed by atoms with Gasteiger partial charge in [-0.25, -0.2) is 8.42 Å². The molecular formula is C28H33N3O4S. The first-order valence-corrected chi connectivity index (χ1v) is 13.9. The van der Waals surface area contributed by atoms with Crippen LogP contribution in [0.1, 0.15) is 18.4 Å². The van der Waals surface area contributed by atoms with Gasteiger partial charge in [0.1, 0.15) is 18.5 Å². The number of sulfonamides is 1. The molecule has 0 unspecified atom stereocenters. The van der Waals surface area contributed by atoms with Gasteiger partial charge in [0.2, 0.25) is 10.0 Å². The summed E-state index contributed by atoms with van der Waals surface area (Å²) in [7, 11) is -3.44. The molecule has 0 bridgehead atoms. The van der Waals surface area contributed by atoms with E-state index in [9.17, 15) is 13.5 Å². The first-order valence-electron chi connectivity index (χ1n) is 12.5. The van der Waals surface area contributed by atoms with Gasteiger partial charge in [-0.2, -0.15) is 4.31 Å². The van der Waals surface area contributed by atoms with Crippen LogP contribution < -0.4 is 10.1 Å². The lowest BCUT2D eigenvalue weighted by Crippen LogP contribution is -2.42. The van der Waals surface area contributed by atoms with Gasteiger partial charge >= 0.3 is 0 Å². The predicted octanol–water partition coefficient (Wildman–Crippen LogP) is 4.06. The van der Waals surface area contributed by atoms with E-state index in [4.69, 9.17) is 4.74 Å². The maximum Gasteiger partial charge on any atom is 0.243 e. The molecule has 0 spiro atoms. The lowest BCUT2D eigenvalue weighted by atomic mass is 9.98. The molecule has 0 amide bonds. The number of aromatic nitrogens is 1.